The van der Waals surface area contributed by atoms with Crippen molar-refractivity contribution in [3.8, 4) is 6.07 Å². The number of rotatable bonds is 4. The lowest BCUT2D eigenvalue weighted by molar-refractivity contribution is 0.0979. The van der Waals surface area contributed by atoms with Gasteiger partial charge in [0.1, 0.15) is 5.92 Å². The van der Waals surface area contributed by atoms with Gasteiger partial charge in [0.2, 0.25) is 0 Å². The van der Waals surface area contributed by atoms with Crippen LogP contribution in [0.25, 0.3) is 0 Å². The molecule has 0 aromatic heterocycles. The second-order valence-corrected chi connectivity index (χ2v) is 5.45. The molecular weight excluding hydrogens is 266 g/mol. The van der Waals surface area contributed by atoms with Crippen molar-refractivity contribution in [3.63, 3.8) is 0 Å². The SMILES string of the molecule is CSc1ccc(C(=O)C(C#N)c2cccc(C)c2)cc1. The number of carbonyl (C=O) groups is 1. The van der Waals surface area contributed by atoms with Crippen molar-refractivity contribution < 1.29 is 4.79 Å². The first-order valence-electron chi connectivity index (χ1n) is 6.30. The Balaban J connectivity index is 2.31. The Morgan fingerprint density at radius 2 is 1.90 bits per heavy atom. The van der Waals surface area contributed by atoms with Crippen LogP contribution >= 0.6 is 11.8 Å². The minimum atomic E-state index is -0.741. The fraction of sp³-hybridized carbons (Fsp3) is 0.176. The highest BCUT2D eigenvalue weighted by molar-refractivity contribution is 7.98. The van der Waals surface area contributed by atoms with Crippen LogP contribution in [0.2, 0.25) is 0 Å². The maximum atomic E-state index is 12.5. The minimum Gasteiger partial charge on any atom is -0.292 e. The number of benzene rings is 2. The summed E-state index contributed by atoms with van der Waals surface area (Å²) in [6, 6.07) is 17.0. The van der Waals surface area contributed by atoms with Gasteiger partial charge in [0, 0.05) is 10.5 Å². The van der Waals surface area contributed by atoms with Crippen LogP contribution in [0.5, 0.6) is 0 Å². The number of carbonyl (C=O) groups excluding carboxylic acids is 1. The van der Waals surface area contributed by atoms with Gasteiger partial charge in [0.25, 0.3) is 0 Å². The molecule has 3 heteroatoms. The summed E-state index contributed by atoms with van der Waals surface area (Å²) >= 11 is 1.63. The van der Waals surface area contributed by atoms with Crippen LogP contribution in [0.15, 0.2) is 53.4 Å². The van der Waals surface area contributed by atoms with E-state index in [4.69, 9.17) is 0 Å². The Bertz CT molecular complexity index is 655. The molecule has 1 atom stereocenters. The van der Waals surface area contributed by atoms with Crippen LogP contribution < -0.4 is 0 Å². The molecule has 0 amide bonds. The molecule has 2 rings (SSSR count). The molecule has 0 aliphatic carbocycles. The molecule has 100 valence electrons. The third-order valence-corrected chi connectivity index (χ3v) is 3.88. The summed E-state index contributed by atoms with van der Waals surface area (Å²) in [7, 11) is 0. The molecular formula is C17H15NOS. The average Bonchev–Trinajstić information content (AvgIpc) is 2.48. The van der Waals surface area contributed by atoms with Crippen molar-refractivity contribution in [1.82, 2.24) is 0 Å². The Hall–Kier alpha value is -2.05. The summed E-state index contributed by atoms with van der Waals surface area (Å²) in [6.45, 7) is 1.95. The summed E-state index contributed by atoms with van der Waals surface area (Å²) < 4.78 is 0. The number of nitrogens with zero attached hydrogens (tertiary/aromatic N) is 1. The molecule has 0 radical (unpaired) electrons. The summed E-state index contributed by atoms with van der Waals surface area (Å²) in [5, 5.41) is 9.33. The lowest BCUT2D eigenvalue weighted by atomic mass is 9.91. The third kappa shape index (κ3) is 3.09. The summed E-state index contributed by atoms with van der Waals surface area (Å²) in [4.78, 5) is 13.6. The molecule has 0 saturated heterocycles. The fourth-order valence-electron chi connectivity index (χ4n) is 2.06. The molecule has 0 spiro atoms. The first-order valence-corrected chi connectivity index (χ1v) is 7.52. The van der Waals surface area contributed by atoms with Gasteiger partial charge in [0.05, 0.1) is 6.07 Å². The first kappa shape index (κ1) is 14.4. The van der Waals surface area contributed by atoms with Gasteiger partial charge in [0.15, 0.2) is 5.78 Å². The highest BCUT2D eigenvalue weighted by Crippen LogP contribution is 2.23. The molecule has 2 aromatic carbocycles. The van der Waals surface area contributed by atoms with Crippen molar-refractivity contribution in [3.05, 3.63) is 65.2 Å². The fourth-order valence-corrected chi connectivity index (χ4v) is 2.46. The maximum absolute atomic E-state index is 12.5. The van der Waals surface area contributed by atoms with Crippen LogP contribution in [0, 0.1) is 18.3 Å². The zero-order valence-corrected chi connectivity index (χ0v) is 12.3. The molecule has 0 aliphatic heterocycles. The Kier molecular flexibility index (Phi) is 4.60. The summed E-state index contributed by atoms with van der Waals surface area (Å²) in [6.07, 6.45) is 1.99. The second kappa shape index (κ2) is 6.40. The zero-order valence-electron chi connectivity index (χ0n) is 11.5. The van der Waals surface area contributed by atoms with Gasteiger partial charge < -0.3 is 0 Å². The number of thioether (sulfide) groups is 1. The third-order valence-electron chi connectivity index (χ3n) is 3.14. The predicted molar refractivity (Wildman–Crippen MR) is 82.1 cm³/mol. The van der Waals surface area contributed by atoms with Crippen LogP contribution in [0.4, 0.5) is 0 Å². The zero-order chi connectivity index (χ0) is 14.5. The van der Waals surface area contributed by atoms with E-state index in [0.29, 0.717) is 5.56 Å². The van der Waals surface area contributed by atoms with Crippen molar-refractivity contribution in [2.45, 2.75) is 17.7 Å². The molecule has 2 nitrogen and oxygen atoms in total. The first-order chi connectivity index (χ1) is 9.65. The molecule has 2 aromatic rings. The molecule has 0 aliphatic rings. The van der Waals surface area contributed by atoms with E-state index in [1.165, 1.54) is 0 Å². The maximum Gasteiger partial charge on any atom is 0.184 e. The highest BCUT2D eigenvalue weighted by atomic mass is 32.2. The highest BCUT2D eigenvalue weighted by Gasteiger charge is 2.21. The normalized spacial score (nSPS) is 11.7. The van der Waals surface area contributed by atoms with E-state index in [9.17, 15) is 10.1 Å². The van der Waals surface area contributed by atoms with E-state index < -0.39 is 5.92 Å². The van der Waals surface area contributed by atoms with Crippen molar-refractivity contribution in [2.24, 2.45) is 0 Å². The van der Waals surface area contributed by atoms with E-state index >= 15 is 0 Å². The molecule has 1 unspecified atom stereocenters. The van der Waals surface area contributed by atoms with Gasteiger partial charge >= 0.3 is 0 Å². The van der Waals surface area contributed by atoms with Gasteiger partial charge in [-0.2, -0.15) is 5.26 Å². The topological polar surface area (TPSA) is 40.9 Å². The average molecular weight is 281 g/mol. The lowest BCUT2D eigenvalue weighted by Gasteiger charge is -2.09. The van der Waals surface area contributed by atoms with E-state index in [-0.39, 0.29) is 5.78 Å². The van der Waals surface area contributed by atoms with Gasteiger partial charge in [-0.25, -0.2) is 0 Å². The Labute approximate surface area is 123 Å². The number of ketones is 1. The Morgan fingerprint density at radius 3 is 2.45 bits per heavy atom. The van der Waals surface area contributed by atoms with Gasteiger partial charge in [-0.05, 0) is 30.9 Å². The van der Waals surface area contributed by atoms with Crippen molar-refractivity contribution in [1.29, 1.82) is 5.26 Å². The standard InChI is InChI=1S/C17H15NOS/c1-12-4-3-5-14(10-12)16(11-18)17(19)13-6-8-15(20-2)9-7-13/h3-10,16H,1-2H3. The number of nitriles is 1. The quantitative estimate of drug-likeness (QED) is 0.622. The van der Waals surface area contributed by atoms with Crippen molar-refractivity contribution in [2.75, 3.05) is 6.26 Å². The predicted octanol–water partition coefficient (Wildman–Crippen LogP) is 4.21. The van der Waals surface area contributed by atoms with Crippen LogP contribution in [0.3, 0.4) is 0 Å². The van der Waals surface area contributed by atoms with Gasteiger partial charge in [-0.3, -0.25) is 4.79 Å². The van der Waals surface area contributed by atoms with Gasteiger partial charge in [-0.1, -0.05) is 42.0 Å². The monoisotopic (exact) mass is 281 g/mol. The van der Waals surface area contributed by atoms with Crippen LogP contribution in [-0.2, 0) is 0 Å². The second-order valence-electron chi connectivity index (χ2n) is 4.57. The number of aryl methyl sites for hydroxylation is 1. The lowest BCUT2D eigenvalue weighted by Crippen LogP contribution is -2.11. The van der Waals surface area contributed by atoms with Crippen LogP contribution in [0.1, 0.15) is 27.4 Å². The van der Waals surface area contributed by atoms with Crippen molar-refractivity contribution >= 4 is 17.5 Å². The van der Waals surface area contributed by atoms with E-state index in [0.717, 1.165) is 16.0 Å². The summed E-state index contributed by atoms with van der Waals surface area (Å²) in [5.41, 5.74) is 2.38. The minimum absolute atomic E-state index is 0.147. The molecule has 20 heavy (non-hydrogen) atoms. The molecule has 0 heterocycles. The summed E-state index contributed by atoms with van der Waals surface area (Å²) in [5.74, 6) is -0.888. The number of hydrogen-bond donors (Lipinski definition) is 0. The van der Waals surface area contributed by atoms with E-state index in [1.54, 1.807) is 23.9 Å². The van der Waals surface area contributed by atoms with Gasteiger partial charge in [-0.15, -0.1) is 11.8 Å². The molecule has 0 saturated carbocycles. The molecule has 0 bridgehead atoms. The Morgan fingerprint density at radius 1 is 1.20 bits per heavy atom. The number of hydrogen-bond acceptors (Lipinski definition) is 3. The van der Waals surface area contributed by atoms with Crippen LogP contribution in [-0.4, -0.2) is 12.0 Å². The molecule has 0 N–H and O–H groups in total. The molecule has 0 fully saturated rings. The number of Topliss-reactive ketones (excluding diaryl/α,β-unsaturated/α-hetero) is 1. The largest absolute Gasteiger partial charge is 0.292 e. The smallest absolute Gasteiger partial charge is 0.184 e. The van der Waals surface area contributed by atoms with E-state index in [1.807, 2.05) is 49.6 Å². The van der Waals surface area contributed by atoms with E-state index in [2.05, 4.69) is 6.07 Å².